The molecule has 0 aliphatic carbocycles. The van der Waals surface area contributed by atoms with E-state index in [1.54, 1.807) is 12.1 Å². The van der Waals surface area contributed by atoms with Gasteiger partial charge in [0.25, 0.3) is 0 Å². The Balaban J connectivity index is 2.31. The predicted molar refractivity (Wildman–Crippen MR) is 70.7 cm³/mol. The van der Waals surface area contributed by atoms with E-state index < -0.39 is 5.76 Å². The van der Waals surface area contributed by atoms with E-state index in [2.05, 4.69) is 10.3 Å². The summed E-state index contributed by atoms with van der Waals surface area (Å²) >= 11 is 0. The van der Waals surface area contributed by atoms with E-state index >= 15 is 0 Å². The maximum Gasteiger partial charge on any atom is 0.417 e. The highest BCUT2D eigenvalue weighted by Crippen LogP contribution is 2.25. The van der Waals surface area contributed by atoms with Crippen molar-refractivity contribution in [2.45, 2.75) is 25.8 Å². The molecule has 0 radical (unpaired) electrons. The second-order valence-corrected chi connectivity index (χ2v) is 4.21. The SMILES string of the molecule is CCC(CCO)Nc1cc2[nH]c(=O)oc2cc1N. The van der Waals surface area contributed by atoms with Crippen LogP contribution in [0.1, 0.15) is 19.8 Å². The molecule has 1 unspecified atom stereocenters. The number of hydrogen-bond donors (Lipinski definition) is 4. The number of aliphatic hydroxyl groups excluding tert-OH is 1. The van der Waals surface area contributed by atoms with Crippen LogP contribution in [0, 0.1) is 0 Å². The number of nitrogens with one attached hydrogen (secondary N) is 2. The van der Waals surface area contributed by atoms with Crippen LogP contribution in [0.25, 0.3) is 11.1 Å². The summed E-state index contributed by atoms with van der Waals surface area (Å²) in [4.78, 5) is 13.7. The highest BCUT2D eigenvalue weighted by atomic mass is 16.4. The Morgan fingerprint density at radius 2 is 2.33 bits per heavy atom. The molecule has 0 saturated heterocycles. The molecule has 0 fully saturated rings. The lowest BCUT2D eigenvalue weighted by molar-refractivity contribution is 0.278. The first-order valence-electron chi connectivity index (χ1n) is 5.93. The first-order valence-corrected chi connectivity index (χ1v) is 5.93. The van der Waals surface area contributed by atoms with E-state index in [1.165, 1.54) is 0 Å². The summed E-state index contributed by atoms with van der Waals surface area (Å²) < 4.78 is 4.92. The molecule has 0 spiro atoms. The van der Waals surface area contributed by atoms with Gasteiger partial charge in [-0.25, -0.2) is 4.79 Å². The number of rotatable bonds is 5. The molecular weight excluding hydrogens is 234 g/mol. The van der Waals surface area contributed by atoms with Crippen molar-refractivity contribution in [2.24, 2.45) is 0 Å². The van der Waals surface area contributed by atoms with Gasteiger partial charge in [0, 0.05) is 18.7 Å². The Morgan fingerprint density at radius 3 is 3.00 bits per heavy atom. The van der Waals surface area contributed by atoms with Crippen molar-refractivity contribution in [3.8, 4) is 0 Å². The third-order valence-electron chi connectivity index (χ3n) is 2.92. The van der Waals surface area contributed by atoms with Crippen LogP contribution in [-0.2, 0) is 0 Å². The number of benzene rings is 1. The summed E-state index contributed by atoms with van der Waals surface area (Å²) in [6.07, 6.45) is 1.52. The molecular formula is C12H17N3O3. The molecule has 1 aromatic heterocycles. The van der Waals surface area contributed by atoms with Crippen LogP contribution in [0.3, 0.4) is 0 Å². The molecule has 18 heavy (non-hydrogen) atoms. The minimum Gasteiger partial charge on any atom is -0.408 e. The predicted octanol–water partition coefficient (Wildman–Crippen LogP) is 1.28. The van der Waals surface area contributed by atoms with Gasteiger partial charge in [0.2, 0.25) is 0 Å². The Hall–Kier alpha value is -1.95. The first kappa shape index (κ1) is 12.5. The normalized spacial score (nSPS) is 12.8. The second kappa shape index (κ2) is 5.14. The van der Waals surface area contributed by atoms with Crippen molar-refractivity contribution in [1.82, 2.24) is 4.98 Å². The molecule has 0 aliphatic rings. The number of H-pyrrole nitrogens is 1. The molecule has 0 aliphatic heterocycles. The molecule has 2 rings (SSSR count). The molecule has 0 amide bonds. The summed E-state index contributed by atoms with van der Waals surface area (Å²) in [5.41, 5.74) is 8.20. The average molecular weight is 251 g/mol. The number of nitrogens with two attached hydrogens (primary N) is 1. The summed E-state index contributed by atoms with van der Waals surface area (Å²) in [7, 11) is 0. The van der Waals surface area contributed by atoms with Crippen LogP contribution in [0.4, 0.5) is 11.4 Å². The fraction of sp³-hybridized carbons (Fsp3) is 0.417. The van der Waals surface area contributed by atoms with Gasteiger partial charge in [-0.05, 0) is 18.9 Å². The fourth-order valence-corrected chi connectivity index (χ4v) is 1.89. The fourth-order valence-electron chi connectivity index (χ4n) is 1.89. The first-order chi connectivity index (χ1) is 8.63. The Morgan fingerprint density at radius 1 is 1.56 bits per heavy atom. The average Bonchev–Trinajstić information content (AvgIpc) is 2.68. The number of aromatic nitrogens is 1. The van der Waals surface area contributed by atoms with E-state index in [0.717, 1.165) is 12.1 Å². The van der Waals surface area contributed by atoms with E-state index in [-0.39, 0.29) is 12.6 Å². The van der Waals surface area contributed by atoms with Gasteiger partial charge in [0.15, 0.2) is 5.58 Å². The second-order valence-electron chi connectivity index (χ2n) is 4.21. The molecule has 5 N–H and O–H groups in total. The topological polar surface area (TPSA) is 104 Å². The summed E-state index contributed by atoms with van der Waals surface area (Å²) in [5.74, 6) is -0.496. The van der Waals surface area contributed by atoms with Crippen molar-refractivity contribution in [3.63, 3.8) is 0 Å². The Bertz CT molecular complexity index is 588. The van der Waals surface area contributed by atoms with Gasteiger partial charge in [-0.3, -0.25) is 4.98 Å². The zero-order chi connectivity index (χ0) is 13.1. The number of aliphatic hydroxyl groups is 1. The molecule has 0 bridgehead atoms. The Labute approximate surface area is 104 Å². The van der Waals surface area contributed by atoms with E-state index in [9.17, 15) is 4.79 Å². The van der Waals surface area contributed by atoms with E-state index in [0.29, 0.717) is 23.2 Å². The zero-order valence-corrected chi connectivity index (χ0v) is 10.2. The monoisotopic (exact) mass is 251 g/mol. The lowest BCUT2D eigenvalue weighted by Crippen LogP contribution is -2.20. The molecule has 1 aromatic carbocycles. The van der Waals surface area contributed by atoms with Crippen LogP contribution in [-0.4, -0.2) is 22.7 Å². The summed E-state index contributed by atoms with van der Waals surface area (Å²) in [5, 5.41) is 12.2. The molecule has 1 atom stereocenters. The van der Waals surface area contributed by atoms with Gasteiger partial charge < -0.3 is 20.6 Å². The van der Waals surface area contributed by atoms with Crippen molar-refractivity contribution >= 4 is 22.5 Å². The Kier molecular flexibility index (Phi) is 3.57. The summed E-state index contributed by atoms with van der Waals surface area (Å²) in [6.45, 7) is 2.15. The number of nitrogen functional groups attached to an aromatic ring is 1. The quantitative estimate of drug-likeness (QED) is 0.599. The van der Waals surface area contributed by atoms with Gasteiger partial charge in [-0.1, -0.05) is 6.92 Å². The number of hydrogen-bond acceptors (Lipinski definition) is 5. The van der Waals surface area contributed by atoms with Crippen molar-refractivity contribution < 1.29 is 9.52 Å². The van der Waals surface area contributed by atoms with Gasteiger partial charge in [0.05, 0.1) is 16.9 Å². The van der Waals surface area contributed by atoms with Crippen LogP contribution in [0.5, 0.6) is 0 Å². The van der Waals surface area contributed by atoms with Crippen LogP contribution < -0.4 is 16.8 Å². The lowest BCUT2D eigenvalue weighted by atomic mass is 10.1. The maximum atomic E-state index is 11.1. The largest absolute Gasteiger partial charge is 0.417 e. The minimum atomic E-state index is -0.496. The van der Waals surface area contributed by atoms with Crippen LogP contribution >= 0.6 is 0 Å². The van der Waals surface area contributed by atoms with Crippen LogP contribution in [0.15, 0.2) is 21.3 Å². The molecule has 0 saturated carbocycles. The van der Waals surface area contributed by atoms with Gasteiger partial charge in [0.1, 0.15) is 0 Å². The van der Waals surface area contributed by atoms with E-state index in [1.807, 2.05) is 6.92 Å². The number of anilines is 2. The lowest BCUT2D eigenvalue weighted by Gasteiger charge is -2.18. The van der Waals surface area contributed by atoms with E-state index in [4.69, 9.17) is 15.3 Å². The molecule has 6 nitrogen and oxygen atoms in total. The third-order valence-corrected chi connectivity index (χ3v) is 2.92. The van der Waals surface area contributed by atoms with Crippen LogP contribution in [0.2, 0.25) is 0 Å². The van der Waals surface area contributed by atoms with Gasteiger partial charge in [-0.2, -0.15) is 0 Å². The smallest absolute Gasteiger partial charge is 0.408 e. The summed E-state index contributed by atoms with van der Waals surface area (Å²) in [6, 6.07) is 3.50. The molecule has 1 heterocycles. The standard InChI is InChI=1S/C12H17N3O3/c1-2-7(3-4-16)14-9-6-10-11(5-8(9)13)18-12(17)15-10/h5-7,14,16H,2-4,13H2,1H3,(H,15,17). The van der Waals surface area contributed by atoms with Gasteiger partial charge >= 0.3 is 5.76 Å². The van der Waals surface area contributed by atoms with Crippen molar-refractivity contribution in [2.75, 3.05) is 17.7 Å². The zero-order valence-electron chi connectivity index (χ0n) is 10.2. The number of aromatic amines is 1. The maximum absolute atomic E-state index is 11.1. The number of fused-ring (bicyclic) bond motifs is 1. The molecule has 98 valence electrons. The molecule has 6 heteroatoms. The third kappa shape index (κ3) is 2.48. The highest BCUT2D eigenvalue weighted by molar-refractivity contribution is 5.85. The minimum absolute atomic E-state index is 0.121. The van der Waals surface area contributed by atoms with Crippen molar-refractivity contribution in [3.05, 3.63) is 22.7 Å². The molecule has 2 aromatic rings. The number of oxazole rings is 1. The van der Waals surface area contributed by atoms with Crippen molar-refractivity contribution in [1.29, 1.82) is 0 Å². The van der Waals surface area contributed by atoms with Gasteiger partial charge in [-0.15, -0.1) is 0 Å². The highest BCUT2D eigenvalue weighted by Gasteiger charge is 2.10.